The summed E-state index contributed by atoms with van der Waals surface area (Å²) in [5.74, 6) is 0. The number of rotatable bonds is 2. The molecule has 0 fully saturated rings. The Morgan fingerprint density at radius 1 is 1.73 bits per heavy atom. The molecule has 62 valence electrons. The Balaban J connectivity index is 3.09. The first kappa shape index (κ1) is 8.96. The third-order valence-electron chi connectivity index (χ3n) is 1.10. The van der Waals surface area contributed by atoms with E-state index in [2.05, 4.69) is 4.98 Å². The van der Waals surface area contributed by atoms with Gasteiger partial charge in [0.1, 0.15) is 0 Å². The minimum atomic E-state index is -3.61. The molecule has 0 unspecified atom stereocenters. The first-order chi connectivity index (χ1) is 5.04. The van der Waals surface area contributed by atoms with Crippen LogP contribution in [-0.2, 0) is 15.5 Å². The fraction of sp³-hybridized carbons (Fsp3) is 0.400. The van der Waals surface area contributed by atoms with Crippen LogP contribution in [0.3, 0.4) is 0 Å². The van der Waals surface area contributed by atoms with Crippen LogP contribution in [0.5, 0.6) is 0 Å². The quantitative estimate of drug-likeness (QED) is 0.699. The standard InChI is InChI=1S/C5H6ClNO2S2/c1-2-4-3-10-5(7-4)11(6,8)9/h3H,2H2,1H3. The third kappa shape index (κ3) is 2.15. The SMILES string of the molecule is CCc1csc(S(=O)(=O)Cl)n1. The highest BCUT2D eigenvalue weighted by molar-refractivity contribution is 8.14. The number of nitrogens with zero attached hydrogens (tertiary/aromatic N) is 1. The van der Waals surface area contributed by atoms with E-state index in [9.17, 15) is 8.42 Å². The average Bonchev–Trinajstić information content (AvgIpc) is 2.32. The fourth-order valence-electron chi connectivity index (χ4n) is 0.563. The molecule has 11 heavy (non-hydrogen) atoms. The molecule has 0 saturated carbocycles. The molecular formula is C5H6ClNO2S2. The van der Waals surface area contributed by atoms with Gasteiger partial charge in [-0.05, 0) is 6.42 Å². The van der Waals surface area contributed by atoms with E-state index in [0.29, 0.717) is 0 Å². The van der Waals surface area contributed by atoms with Crippen molar-refractivity contribution < 1.29 is 8.42 Å². The molecule has 0 radical (unpaired) electrons. The monoisotopic (exact) mass is 211 g/mol. The summed E-state index contributed by atoms with van der Waals surface area (Å²) in [4.78, 5) is 3.80. The van der Waals surface area contributed by atoms with Gasteiger partial charge in [0.15, 0.2) is 0 Å². The maximum atomic E-state index is 10.7. The van der Waals surface area contributed by atoms with Crippen LogP contribution >= 0.6 is 22.0 Å². The lowest BCUT2D eigenvalue weighted by molar-refractivity contribution is 0.608. The largest absolute Gasteiger partial charge is 0.288 e. The van der Waals surface area contributed by atoms with Gasteiger partial charge in [0.2, 0.25) is 4.34 Å². The third-order valence-corrected chi connectivity index (χ3v) is 3.95. The Bertz CT molecular complexity index is 343. The van der Waals surface area contributed by atoms with Crippen molar-refractivity contribution in [1.82, 2.24) is 4.98 Å². The van der Waals surface area contributed by atoms with E-state index in [4.69, 9.17) is 10.7 Å². The van der Waals surface area contributed by atoms with E-state index in [-0.39, 0.29) is 4.34 Å². The normalized spacial score (nSPS) is 11.8. The summed E-state index contributed by atoms with van der Waals surface area (Å²) in [6.45, 7) is 1.90. The average molecular weight is 212 g/mol. The summed E-state index contributed by atoms with van der Waals surface area (Å²) in [5, 5.41) is 1.69. The van der Waals surface area contributed by atoms with Crippen LogP contribution in [0.2, 0.25) is 0 Å². The van der Waals surface area contributed by atoms with Crippen molar-refractivity contribution in [2.75, 3.05) is 0 Å². The Morgan fingerprint density at radius 3 is 2.64 bits per heavy atom. The van der Waals surface area contributed by atoms with Gasteiger partial charge in [0.05, 0.1) is 5.69 Å². The summed E-state index contributed by atoms with van der Waals surface area (Å²) < 4.78 is 21.3. The predicted molar refractivity (Wildman–Crippen MR) is 44.5 cm³/mol. The first-order valence-corrected chi connectivity index (χ1v) is 6.12. The van der Waals surface area contributed by atoms with E-state index in [1.54, 1.807) is 5.38 Å². The Labute approximate surface area is 73.5 Å². The molecule has 1 aromatic heterocycles. The molecule has 0 bridgehead atoms. The molecule has 1 aromatic rings. The maximum Gasteiger partial charge on any atom is 0.288 e. The second kappa shape index (κ2) is 3.08. The number of hydrogen-bond donors (Lipinski definition) is 0. The number of aryl methyl sites for hydroxylation is 1. The zero-order valence-electron chi connectivity index (χ0n) is 5.74. The smallest absolute Gasteiger partial charge is 0.229 e. The molecule has 0 aromatic carbocycles. The number of halogens is 1. The van der Waals surface area contributed by atoms with Crippen molar-refractivity contribution in [2.24, 2.45) is 0 Å². The highest BCUT2D eigenvalue weighted by Crippen LogP contribution is 2.19. The molecule has 0 aliphatic carbocycles. The highest BCUT2D eigenvalue weighted by Gasteiger charge is 2.13. The summed E-state index contributed by atoms with van der Waals surface area (Å²) in [7, 11) is 1.44. The lowest BCUT2D eigenvalue weighted by Crippen LogP contribution is -1.89. The van der Waals surface area contributed by atoms with Crippen LogP contribution in [0.25, 0.3) is 0 Å². The number of hydrogen-bond acceptors (Lipinski definition) is 4. The van der Waals surface area contributed by atoms with Crippen LogP contribution in [0.1, 0.15) is 12.6 Å². The molecular weight excluding hydrogens is 206 g/mol. The minimum Gasteiger partial charge on any atom is -0.229 e. The topological polar surface area (TPSA) is 47.0 Å². The molecule has 3 nitrogen and oxygen atoms in total. The van der Waals surface area contributed by atoms with E-state index in [0.717, 1.165) is 23.5 Å². The van der Waals surface area contributed by atoms with Crippen LogP contribution in [-0.4, -0.2) is 13.4 Å². The molecule has 1 rings (SSSR count). The van der Waals surface area contributed by atoms with Gasteiger partial charge in [-0.3, -0.25) is 0 Å². The van der Waals surface area contributed by atoms with Crippen LogP contribution in [0.15, 0.2) is 9.72 Å². The molecule has 0 atom stereocenters. The number of aromatic nitrogens is 1. The molecule has 0 N–H and O–H groups in total. The van der Waals surface area contributed by atoms with Gasteiger partial charge in [-0.15, -0.1) is 11.3 Å². The first-order valence-electron chi connectivity index (χ1n) is 2.93. The predicted octanol–water partition coefficient (Wildman–Crippen LogP) is 1.63. The molecule has 1 heterocycles. The molecule has 0 spiro atoms. The highest BCUT2D eigenvalue weighted by atomic mass is 35.7. The number of thiazole rings is 1. The van der Waals surface area contributed by atoms with Gasteiger partial charge in [-0.1, -0.05) is 6.92 Å². The summed E-state index contributed by atoms with van der Waals surface area (Å²) >= 11 is 1.05. The van der Waals surface area contributed by atoms with E-state index in [1.807, 2.05) is 6.92 Å². The van der Waals surface area contributed by atoms with Gasteiger partial charge < -0.3 is 0 Å². The summed E-state index contributed by atoms with van der Waals surface area (Å²) in [6, 6.07) is 0. The van der Waals surface area contributed by atoms with Crippen molar-refractivity contribution in [3.63, 3.8) is 0 Å². The van der Waals surface area contributed by atoms with Gasteiger partial charge in [0, 0.05) is 16.1 Å². The lowest BCUT2D eigenvalue weighted by Gasteiger charge is -1.84. The summed E-state index contributed by atoms with van der Waals surface area (Å²) in [5.41, 5.74) is 0.759. The van der Waals surface area contributed by atoms with Crippen molar-refractivity contribution >= 4 is 31.1 Å². The molecule has 6 heteroatoms. The van der Waals surface area contributed by atoms with Gasteiger partial charge in [-0.2, -0.15) is 0 Å². The van der Waals surface area contributed by atoms with Crippen molar-refractivity contribution in [3.05, 3.63) is 11.1 Å². The Morgan fingerprint density at radius 2 is 2.36 bits per heavy atom. The van der Waals surface area contributed by atoms with Gasteiger partial charge in [0.25, 0.3) is 9.05 Å². The minimum absolute atomic E-state index is 0.0176. The second-order valence-corrected chi connectivity index (χ2v) is 5.49. The van der Waals surface area contributed by atoms with E-state index >= 15 is 0 Å². The van der Waals surface area contributed by atoms with Crippen molar-refractivity contribution in [2.45, 2.75) is 17.7 Å². The molecule has 0 saturated heterocycles. The van der Waals surface area contributed by atoms with Crippen LogP contribution < -0.4 is 0 Å². The maximum absolute atomic E-state index is 10.7. The van der Waals surface area contributed by atoms with Crippen LogP contribution in [0.4, 0.5) is 0 Å². The van der Waals surface area contributed by atoms with Crippen molar-refractivity contribution in [1.29, 1.82) is 0 Å². The molecule has 0 amide bonds. The zero-order chi connectivity index (χ0) is 8.48. The molecule has 0 aliphatic rings. The van der Waals surface area contributed by atoms with E-state index in [1.165, 1.54) is 0 Å². The fourth-order valence-corrected chi connectivity index (χ4v) is 2.45. The lowest BCUT2D eigenvalue weighted by atomic mass is 10.4. The van der Waals surface area contributed by atoms with Crippen LogP contribution in [0, 0.1) is 0 Å². The molecule has 0 aliphatic heterocycles. The second-order valence-electron chi connectivity index (χ2n) is 1.90. The van der Waals surface area contributed by atoms with Gasteiger partial charge >= 0.3 is 0 Å². The zero-order valence-corrected chi connectivity index (χ0v) is 8.13. The Kier molecular flexibility index (Phi) is 2.51. The van der Waals surface area contributed by atoms with E-state index < -0.39 is 9.05 Å². The Hall–Kier alpha value is -0.130. The van der Waals surface area contributed by atoms with Gasteiger partial charge in [-0.25, -0.2) is 13.4 Å². The van der Waals surface area contributed by atoms with Crippen molar-refractivity contribution in [3.8, 4) is 0 Å². The summed E-state index contributed by atoms with van der Waals surface area (Å²) in [6.07, 6.45) is 0.725.